The van der Waals surface area contributed by atoms with Crippen molar-refractivity contribution >= 4 is 11.8 Å². The number of nitrogens with zero attached hydrogens (tertiary/aromatic N) is 1. The highest BCUT2D eigenvalue weighted by atomic mass is 16.2. The summed E-state index contributed by atoms with van der Waals surface area (Å²) in [5.41, 5.74) is 0. The summed E-state index contributed by atoms with van der Waals surface area (Å²) in [6, 6.07) is -0.549. The third-order valence-electron chi connectivity index (χ3n) is 3.87. The maximum Gasteiger partial charge on any atom is 0.245 e. The number of hydrogen-bond donors (Lipinski definition) is 1. The third kappa shape index (κ3) is 2.85. The van der Waals surface area contributed by atoms with E-state index in [1.165, 1.54) is 0 Å². The van der Waals surface area contributed by atoms with Crippen molar-refractivity contribution in [2.75, 3.05) is 6.54 Å². The van der Waals surface area contributed by atoms with E-state index in [0.717, 1.165) is 32.2 Å². The highest BCUT2D eigenvalue weighted by Crippen LogP contribution is 2.37. The van der Waals surface area contributed by atoms with Gasteiger partial charge in [0.05, 0.1) is 0 Å². The predicted octanol–water partition coefficient (Wildman–Crippen LogP) is 1.55. The largest absolute Gasteiger partial charge is 0.343 e. The molecule has 102 valence electrons. The molecule has 1 saturated carbocycles. The number of amides is 2. The van der Waals surface area contributed by atoms with Crippen molar-refractivity contribution in [2.24, 2.45) is 11.8 Å². The van der Waals surface area contributed by atoms with Gasteiger partial charge in [0.1, 0.15) is 12.1 Å². The summed E-state index contributed by atoms with van der Waals surface area (Å²) in [4.78, 5) is 26.1. The number of rotatable bonds is 5. The van der Waals surface area contributed by atoms with Crippen LogP contribution in [0.5, 0.6) is 0 Å². The standard InChI is InChI=1S/C14H24N2O2/c1-9(2)5-4-8-16-12(11-6-7-11)13(17)15-10(3)14(16)18/h9-12H,4-8H2,1-3H3,(H,15,17). The van der Waals surface area contributed by atoms with E-state index in [2.05, 4.69) is 19.2 Å². The number of carbonyl (C=O) groups is 2. The number of nitrogens with one attached hydrogen (secondary N) is 1. The van der Waals surface area contributed by atoms with Crippen molar-refractivity contribution in [2.45, 2.75) is 58.5 Å². The molecule has 4 heteroatoms. The molecule has 2 rings (SSSR count). The first-order valence-corrected chi connectivity index (χ1v) is 7.11. The zero-order valence-electron chi connectivity index (χ0n) is 11.6. The van der Waals surface area contributed by atoms with E-state index in [9.17, 15) is 9.59 Å². The van der Waals surface area contributed by atoms with Gasteiger partial charge in [-0.1, -0.05) is 13.8 Å². The van der Waals surface area contributed by atoms with E-state index in [1.807, 2.05) is 4.90 Å². The summed E-state index contributed by atoms with van der Waals surface area (Å²) in [5, 5.41) is 2.80. The maximum atomic E-state index is 12.2. The van der Waals surface area contributed by atoms with E-state index >= 15 is 0 Å². The van der Waals surface area contributed by atoms with Crippen molar-refractivity contribution in [1.29, 1.82) is 0 Å². The molecule has 0 aromatic carbocycles. The van der Waals surface area contributed by atoms with E-state index in [4.69, 9.17) is 0 Å². The van der Waals surface area contributed by atoms with Gasteiger partial charge in [0.2, 0.25) is 11.8 Å². The molecule has 1 saturated heterocycles. The average molecular weight is 252 g/mol. The summed E-state index contributed by atoms with van der Waals surface area (Å²) in [6.45, 7) is 6.88. The minimum atomic E-state index is -0.355. The van der Waals surface area contributed by atoms with E-state index in [-0.39, 0.29) is 23.9 Å². The summed E-state index contributed by atoms with van der Waals surface area (Å²) in [5.74, 6) is 1.19. The normalized spacial score (nSPS) is 28.8. The molecule has 2 amide bonds. The number of carbonyl (C=O) groups excluding carboxylic acids is 2. The first kappa shape index (κ1) is 13.4. The van der Waals surface area contributed by atoms with Crippen LogP contribution >= 0.6 is 0 Å². The van der Waals surface area contributed by atoms with Crippen LogP contribution in [-0.4, -0.2) is 35.3 Å². The molecule has 2 aliphatic rings. The topological polar surface area (TPSA) is 49.4 Å². The van der Waals surface area contributed by atoms with E-state index in [1.54, 1.807) is 6.92 Å². The van der Waals surface area contributed by atoms with Gasteiger partial charge in [-0.05, 0) is 44.4 Å². The van der Waals surface area contributed by atoms with E-state index in [0.29, 0.717) is 11.8 Å². The number of hydrogen-bond acceptors (Lipinski definition) is 2. The van der Waals surface area contributed by atoms with Crippen molar-refractivity contribution in [3.63, 3.8) is 0 Å². The molecule has 1 aliphatic heterocycles. The minimum absolute atomic E-state index is 0.0501. The summed E-state index contributed by atoms with van der Waals surface area (Å²) in [7, 11) is 0. The molecule has 2 unspecified atom stereocenters. The monoisotopic (exact) mass is 252 g/mol. The van der Waals surface area contributed by atoms with Crippen molar-refractivity contribution in [1.82, 2.24) is 10.2 Å². The zero-order valence-corrected chi connectivity index (χ0v) is 11.6. The SMILES string of the molecule is CC(C)CCCN1C(=O)C(C)NC(=O)C1C1CC1. The van der Waals surface area contributed by atoms with Crippen molar-refractivity contribution < 1.29 is 9.59 Å². The Hall–Kier alpha value is -1.06. The van der Waals surface area contributed by atoms with Gasteiger partial charge in [-0.15, -0.1) is 0 Å². The Kier molecular flexibility index (Phi) is 3.93. The fourth-order valence-electron chi connectivity index (χ4n) is 2.69. The van der Waals surface area contributed by atoms with Gasteiger partial charge in [-0.25, -0.2) is 0 Å². The van der Waals surface area contributed by atoms with Crippen LogP contribution in [-0.2, 0) is 9.59 Å². The first-order chi connectivity index (χ1) is 8.50. The molecule has 1 heterocycles. The third-order valence-corrected chi connectivity index (χ3v) is 3.87. The molecule has 4 nitrogen and oxygen atoms in total. The fraction of sp³-hybridized carbons (Fsp3) is 0.857. The smallest absolute Gasteiger partial charge is 0.245 e. The Morgan fingerprint density at radius 1 is 1.33 bits per heavy atom. The Balaban J connectivity index is 2.00. The van der Waals surface area contributed by atoms with Crippen molar-refractivity contribution in [3.8, 4) is 0 Å². The molecule has 0 bridgehead atoms. The quantitative estimate of drug-likeness (QED) is 0.807. The molecule has 18 heavy (non-hydrogen) atoms. The second-order valence-corrected chi connectivity index (χ2v) is 6.08. The van der Waals surface area contributed by atoms with Crippen LogP contribution in [0.25, 0.3) is 0 Å². The van der Waals surface area contributed by atoms with Crippen LogP contribution in [0, 0.1) is 11.8 Å². The molecule has 1 aliphatic carbocycles. The Bertz CT molecular complexity index is 337. The minimum Gasteiger partial charge on any atom is -0.343 e. The average Bonchev–Trinajstić information content (AvgIpc) is 3.08. The lowest BCUT2D eigenvalue weighted by Gasteiger charge is -2.38. The number of piperazine rings is 1. The molecule has 0 spiro atoms. The molecule has 0 aromatic rings. The highest BCUT2D eigenvalue weighted by molar-refractivity contribution is 5.97. The van der Waals surface area contributed by atoms with Gasteiger partial charge in [0.15, 0.2) is 0 Å². The maximum absolute atomic E-state index is 12.2. The van der Waals surface area contributed by atoms with Crippen LogP contribution in [0.2, 0.25) is 0 Å². The molecule has 0 radical (unpaired) electrons. The molecule has 2 fully saturated rings. The molecule has 2 atom stereocenters. The van der Waals surface area contributed by atoms with Gasteiger partial charge in [-0.2, -0.15) is 0 Å². The zero-order chi connectivity index (χ0) is 13.3. The van der Waals surface area contributed by atoms with Gasteiger partial charge in [-0.3, -0.25) is 9.59 Å². The lowest BCUT2D eigenvalue weighted by molar-refractivity contribution is -0.149. The molecular weight excluding hydrogens is 228 g/mol. The van der Waals surface area contributed by atoms with Gasteiger partial charge < -0.3 is 10.2 Å². The van der Waals surface area contributed by atoms with E-state index < -0.39 is 0 Å². The van der Waals surface area contributed by atoms with Crippen LogP contribution in [0.15, 0.2) is 0 Å². The van der Waals surface area contributed by atoms with Crippen molar-refractivity contribution in [3.05, 3.63) is 0 Å². The Morgan fingerprint density at radius 3 is 2.56 bits per heavy atom. The van der Waals surface area contributed by atoms with Crippen LogP contribution < -0.4 is 5.32 Å². The summed E-state index contributed by atoms with van der Waals surface area (Å²) >= 11 is 0. The fourth-order valence-corrected chi connectivity index (χ4v) is 2.69. The Morgan fingerprint density at radius 2 is 2.00 bits per heavy atom. The first-order valence-electron chi connectivity index (χ1n) is 7.11. The van der Waals surface area contributed by atoms with Crippen LogP contribution in [0.3, 0.4) is 0 Å². The van der Waals surface area contributed by atoms with Crippen LogP contribution in [0.4, 0.5) is 0 Å². The second kappa shape index (κ2) is 5.29. The van der Waals surface area contributed by atoms with Gasteiger partial charge >= 0.3 is 0 Å². The molecule has 1 N–H and O–H groups in total. The second-order valence-electron chi connectivity index (χ2n) is 6.08. The summed E-state index contributed by atoms with van der Waals surface area (Å²) in [6.07, 6.45) is 4.27. The lowest BCUT2D eigenvalue weighted by Crippen LogP contribution is -2.63. The predicted molar refractivity (Wildman–Crippen MR) is 69.9 cm³/mol. The summed E-state index contributed by atoms with van der Waals surface area (Å²) < 4.78 is 0. The Labute approximate surface area is 109 Å². The highest BCUT2D eigenvalue weighted by Gasteiger charge is 2.46. The van der Waals surface area contributed by atoms with Crippen LogP contribution in [0.1, 0.15) is 46.5 Å². The molecular formula is C14H24N2O2. The molecule has 0 aromatic heterocycles. The lowest BCUT2D eigenvalue weighted by atomic mass is 10.0. The van der Waals surface area contributed by atoms with Gasteiger partial charge in [0.25, 0.3) is 0 Å². The van der Waals surface area contributed by atoms with Gasteiger partial charge in [0, 0.05) is 6.54 Å².